The zero-order valence-electron chi connectivity index (χ0n) is 11.0. The summed E-state index contributed by atoms with van der Waals surface area (Å²) in [5.41, 5.74) is -0.535. The molecule has 0 saturated carbocycles. The Kier molecular flexibility index (Phi) is 5.50. The molecule has 0 amide bonds. The van der Waals surface area contributed by atoms with Crippen molar-refractivity contribution in [1.82, 2.24) is 10.2 Å². The van der Waals surface area contributed by atoms with Crippen LogP contribution in [0.25, 0.3) is 0 Å². The Morgan fingerprint density at radius 2 is 2.00 bits per heavy atom. The fourth-order valence-electron chi connectivity index (χ4n) is 1.87. The van der Waals surface area contributed by atoms with E-state index in [0.717, 1.165) is 6.07 Å². The normalized spacial score (nSPS) is 13.6. The van der Waals surface area contributed by atoms with Crippen LogP contribution in [0, 0.1) is 0 Å². The molecule has 106 valence electrons. The summed E-state index contributed by atoms with van der Waals surface area (Å²) in [4.78, 5) is 5.56. The van der Waals surface area contributed by atoms with E-state index >= 15 is 0 Å². The van der Waals surface area contributed by atoms with Gasteiger partial charge in [-0.15, -0.1) is 0 Å². The number of rotatable bonds is 6. The van der Waals surface area contributed by atoms with Gasteiger partial charge in [0.1, 0.15) is 6.17 Å². The van der Waals surface area contributed by atoms with Crippen molar-refractivity contribution in [1.29, 1.82) is 0 Å². The maximum absolute atomic E-state index is 13.0. The van der Waals surface area contributed by atoms with Crippen LogP contribution in [0.2, 0.25) is 0 Å². The predicted octanol–water partition coefficient (Wildman–Crippen LogP) is 2.56. The molecule has 0 bridgehead atoms. The lowest BCUT2D eigenvalue weighted by Crippen LogP contribution is -2.31. The minimum atomic E-state index is -4.39. The Bertz CT molecular complexity index is 418. The summed E-state index contributed by atoms with van der Waals surface area (Å²) in [6.45, 7) is 4.65. The van der Waals surface area contributed by atoms with Crippen molar-refractivity contribution in [2.45, 2.75) is 12.3 Å². The molecule has 1 aromatic carbocycles. The van der Waals surface area contributed by atoms with Crippen LogP contribution in [0.15, 0.2) is 29.3 Å². The van der Waals surface area contributed by atoms with Crippen molar-refractivity contribution in [2.24, 2.45) is 4.99 Å². The number of likely N-dealkylation sites (N-methyl/N-ethyl adjacent to an activating group) is 2. The van der Waals surface area contributed by atoms with Crippen molar-refractivity contribution >= 4 is 6.72 Å². The highest BCUT2D eigenvalue weighted by Gasteiger charge is 2.35. The third-order valence-corrected chi connectivity index (χ3v) is 2.85. The van der Waals surface area contributed by atoms with Crippen molar-refractivity contribution in [2.75, 3.05) is 27.2 Å². The number of benzene rings is 1. The summed E-state index contributed by atoms with van der Waals surface area (Å²) < 4.78 is 38.9. The standard InChI is InChI=1S/C13H18F3N3/c1-17-8-9-19(3)12(18-2)10-6-4-5-7-11(10)13(14,15)16/h4-7,12,17H,2,8-9H2,1,3H3. The minimum absolute atomic E-state index is 0.128. The van der Waals surface area contributed by atoms with E-state index in [1.54, 1.807) is 25.1 Å². The second-order valence-electron chi connectivity index (χ2n) is 4.23. The molecule has 0 aliphatic rings. The van der Waals surface area contributed by atoms with E-state index < -0.39 is 17.9 Å². The van der Waals surface area contributed by atoms with Crippen LogP contribution in [0.4, 0.5) is 13.2 Å². The quantitative estimate of drug-likeness (QED) is 0.807. The van der Waals surface area contributed by atoms with Crippen LogP contribution in [0.1, 0.15) is 17.3 Å². The van der Waals surface area contributed by atoms with Gasteiger partial charge in [-0.25, -0.2) is 0 Å². The van der Waals surface area contributed by atoms with E-state index in [1.165, 1.54) is 12.1 Å². The fourth-order valence-corrected chi connectivity index (χ4v) is 1.87. The van der Waals surface area contributed by atoms with Crippen LogP contribution < -0.4 is 5.32 Å². The van der Waals surface area contributed by atoms with Gasteiger partial charge in [-0.05, 0) is 26.9 Å². The van der Waals surface area contributed by atoms with E-state index in [2.05, 4.69) is 17.0 Å². The third kappa shape index (κ3) is 4.04. The largest absolute Gasteiger partial charge is 0.416 e. The van der Waals surface area contributed by atoms with Gasteiger partial charge < -0.3 is 5.32 Å². The van der Waals surface area contributed by atoms with Gasteiger partial charge in [0.25, 0.3) is 0 Å². The highest BCUT2D eigenvalue weighted by Crippen LogP contribution is 2.36. The molecular weight excluding hydrogens is 255 g/mol. The van der Waals surface area contributed by atoms with E-state index in [9.17, 15) is 13.2 Å². The number of hydrogen-bond donors (Lipinski definition) is 1. The lowest BCUT2D eigenvalue weighted by atomic mass is 10.0. The molecule has 6 heteroatoms. The van der Waals surface area contributed by atoms with Gasteiger partial charge in [0, 0.05) is 18.7 Å². The molecule has 0 aliphatic heterocycles. The van der Waals surface area contributed by atoms with E-state index in [0.29, 0.717) is 13.1 Å². The molecule has 0 fully saturated rings. The molecule has 1 atom stereocenters. The predicted molar refractivity (Wildman–Crippen MR) is 70.3 cm³/mol. The molecule has 1 aromatic rings. The van der Waals surface area contributed by atoms with Gasteiger partial charge in [0.2, 0.25) is 0 Å². The van der Waals surface area contributed by atoms with Crippen LogP contribution >= 0.6 is 0 Å². The molecule has 0 aliphatic carbocycles. The Hall–Kier alpha value is -1.40. The summed E-state index contributed by atoms with van der Waals surface area (Å²) in [6, 6.07) is 5.46. The third-order valence-electron chi connectivity index (χ3n) is 2.85. The number of aliphatic imine (C=N–C) groups is 1. The number of halogens is 3. The van der Waals surface area contributed by atoms with Crippen LogP contribution in [0.5, 0.6) is 0 Å². The molecule has 0 spiro atoms. The van der Waals surface area contributed by atoms with Crippen molar-refractivity contribution in [3.8, 4) is 0 Å². The molecule has 3 nitrogen and oxygen atoms in total. The summed E-state index contributed by atoms with van der Waals surface area (Å²) in [5.74, 6) is 0. The molecule has 0 saturated heterocycles. The summed E-state index contributed by atoms with van der Waals surface area (Å²) in [7, 11) is 3.51. The zero-order chi connectivity index (χ0) is 14.5. The van der Waals surface area contributed by atoms with Gasteiger partial charge in [-0.2, -0.15) is 13.2 Å². The number of alkyl halides is 3. The second kappa shape index (κ2) is 6.68. The molecular formula is C13H18F3N3. The molecule has 1 rings (SSSR count). The van der Waals surface area contributed by atoms with E-state index in [1.807, 2.05) is 0 Å². The Balaban J connectivity index is 3.08. The first kappa shape index (κ1) is 15.7. The van der Waals surface area contributed by atoms with Gasteiger partial charge >= 0.3 is 6.18 Å². The minimum Gasteiger partial charge on any atom is -0.318 e. The van der Waals surface area contributed by atoms with Gasteiger partial charge in [0.15, 0.2) is 0 Å². The molecule has 0 radical (unpaired) electrons. The molecule has 19 heavy (non-hydrogen) atoms. The van der Waals surface area contributed by atoms with E-state index in [4.69, 9.17) is 0 Å². The number of nitrogens with one attached hydrogen (secondary N) is 1. The van der Waals surface area contributed by atoms with Crippen LogP contribution in [-0.2, 0) is 6.18 Å². The smallest absolute Gasteiger partial charge is 0.318 e. The van der Waals surface area contributed by atoms with Crippen molar-refractivity contribution < 1.29 is 13.2 Å². The average Bonchev–Trinajstić information content (AvgIpc) is 2.36. The van der Waals surface area contributed by atoms with E-state index in [-0.39, 0.29) is 5.56 Å². The first-order valence-corrected chi connectivity index (χ1v) is 5.88. The maximum Gasteiger partial charge on any atom is 0.416 e. The molecule has 0 aromatic heterocycles. The Morgan fingerprint density at radius 1 is 1.37 bits per heavy atom. The summed E-state index contributed by atoms with van der Waals surface area (Å²) >= 11 is 0. The van der Waals surface area contributed by atoms with Crippen LogP contribution in [-0.4, -0.2) is 38.8 Å². The lowest BCUT2D eigenvalue weighted by molar-refractivity contribution is -0.138. The zero-order valence-corrected chi connectivity index (χ0v) is 11.0. The topological polar surface area (TPSA) is 27.6 Å². The van der Waals surface area contributed by atoms with Crippen molar-refractivity contribution in [3.63, 3.8) is 0 Å². The maximum atomic E-state index is 13.0. The fraction of sp³-hybridized carbons (Fsp3) is 0.462. The Labute approximate surface area is 111 Å². The van der Waals surface area contributed by atoms with Crippen LogP contribution in [0.3, 0.4) is 0 Å². The van der Waals surface area contributed by atoms with Gasteiger partial charge in [-0.1, -0.05) is 18.2 Å². The van der Waals surface area contributed by atoms with Gasteiger partial charge in [-0.3, -0.25) is 9.89 Å². The highest BCUT2D eigenvalue weighted by molar-refractivity contribution is 5.35. The SMILES string of the molecule is C=NC(c1ccccc1C(F)(F)F)N(C)CCNC. The number of nitrogens with zero attached hydrogens (tertiary/aromatic N) is 2. The summed E-state index contributed by atoms with van der Waals surface area (Å²) in [5, 5.41) is 2.95. The van der Waals surface area contributed by atoms with Gasteiger partial charge in [0.05, 0.1) is 5.56 Å². The lowest BCUT2D eigenvalue weighted by Gasteiger charge is -2.27. The Morgan fingerprint density at radius 3 is 2.53 bits per heavy atom. The monoisotopic (exact) mass is 273 g/mol. The second-order valence-corrected chi connectivity index (χ2v) is 4.23. The first-order chi connectivity index (χ1) is 8.91. The number of hydrogen-bond acceptors (Lipinski definition) is 3. The molecule has 1 N–H and O–H groups in total. The molecule has 1 unspecified atom stereocenters. The van der Waals surface area contributed by atoms with Crippen molar-refractivity contribution in [3.05, 3.63) is 35.4 Å². The first-order valence-electron chi connectivity index (χ1n) is 5.88. The highest BCUT2D eigenvalue weighted by atomic mass is 19.4. The molecule has 0 heterocycles. The average molecular weight is 273 g/mol. The summed E-state index contributed by atoms with van der Waals surface area (Å²) in [6.07, 6.45) is -5.09.